The van der Waals surface area contributed by atoms with E-state index in [-0.39, 0.29) is 11.9 Å². The lowest BCUT2D eigenvalue weighted by molar-refractivity contribution is 0.397. The fourth-order valence-electron chi connectivity index (χ4n) is 3.17. The van der Waals surface area contributed by atoms with E-state index in [4.69, 9.17) is 0 Å². The van der Waals surface area contributed by atoms with Gasteiger partial charge in [0, 0.05) is 24.6 Å². The summed E-state index contributed by atoms with van der Waals surface area (Å²) in [6.45, 7) is 3.55. The first-order valence-electron chi connectivity index (χ1n) is 8.89. The summed E-state index contributed by atoms with van der Waals surface area (Å²) in [5, 5.41) is 11.2. The summed E-state index contributed by atoms with van der Waals surface area (Å²) in [7, 11) is 1.75. The molecule has 1 atom stereocenters. The molecule has 140 valence electrons. The number of nitrogens with one attached hydrogen (secondary N) is 2. The molecule has 0 fully saturated rings. The fourth-order valence-corrected chi connectivity index (χ4v) is 3.51. The minimum Gasteiger partial charge on any atom is -0.356 e. The molecule has 1 aliphatic heterocycles. The summed E-state index contributed by atoms with van der Waals surface area (Å²) in [6, 6.07) is 5.31. The van der Waals surface area contributed by atoms with Crippen molar-refractivity contribution >= 4 is 21.9 Å². The molecule has 2 N–H and O–H groups in total. The third-order valence-electron chi connectivity index (χ3n) is 4.45. The Labute approximate surface area is 161 Å². The molecular weight excluding hydrogens is 399 g/mol. The van der Waals surface area contributed by atoms with Gasteiger partial charge in [0.25, 0.3) is 0 Å². The molecule has 1 unspecified atom stereocenters. The van der Waals surface area contributed by atoms with Gasteiger partial charge in [-0.25, -0.2) is 14.1 Å². The molecule has 0 saturated heterocycles. The monoisotopic (exact) mass is 422 g/mol. The van der Waals surface area contributed by atoms with Crippen LogP contribution in [-0.2, 0) is 13.0 Å². The molecule has 1 aromatic carbocycles. The Hall–Kier alpha value is -1.96. The van der Waals surface area contributed by atoms with Crippen molar-refractivity contribution in [2.24, 2.45) is 4.99 Å². The number of rotatable bonds is 5. The molecule has 1 aromatic heterocycles. The number of aromatic nitrogens is 3. The van der Waals surface area contributed by atoms with E-state index in [9.17, 15) is 4.39 Å². The second-order valence-electron chi connectivity index (χ2n) is 6.42. The first-order chi connectivity index (χ1) is 12.6. The molecule has 8 heteroatoms. The summed E-state index contributed by atoms with van der Waals surface area (Å²) in [5.41, 5.74) is 0.730. The van der Waals surface area contributed by atoms with Crippen LogP contribution in [-0.4, -0.2) is 34.3 Å². The molecular formula is C18H24BrFN6. The van der Waals surface area contributed by atoms with Crippen LogP contribution in [0.4, 0.5) is 4.39 Å². The number of benzene rings is 1. The van der Waals surface area contributed by atoms with Gasteiger partial charge in [0.05, 0.1) is 6.04 Å². The van der Waals surface area contributed by atoms with E-state index < -0.39 is 0 Å². The molecule has 1 aliphatic rings. The Morgan fingerprint density at radius 3 is 3.08 bits per heavy atom. The van der Waals surface area contributed by atoms with Crippen molar-refractivity contribution in [3.63, 3.8) is 0 Å². The zero-order valence-electron chi connectivity index (χ0n) is 15.1. The lowest BCUT2D eigenvalue weighted by Gasteiger charge is -2.25. The predicted octanol–water partition coefficient (Wildman–Crippen LogP) is 3.12. The van der Waals surface area contributed by atoms with Crippen LogP contribution in [0.15, 0.2) is 27.7 Å². The van der Waals surface area contributed by atoms with Crippen LogP contribution < -0.4 is 10.6 Å². The second kappa shape index (κ2) is 8.62. The van der Waals surface area contributed by atoms with Gasteiger partial charge < -0.3 is 10.6 Å². The van der Waals surface area contributed by atoms with Crippen LogP contribution in [0.5, 0.6) is 0 Å². The van der Waals surface area contributed by atoms with Crippen molar-refractivity contribution in [1.82, 2.24) is 25.4 Å². The average molecular weight is 423 g/mol. The topological polar surface area (TPSA) is 67.1 Å². The number of fused-ring (bicyclic) bond motifs is 1. The van der Waals surface area contributed by atoms with Crippen LogP contribution >= 0.6 is 15.9 Å². The third kappa shape index (κ3) is 4.60. The van der Waals surface area contributed by atoms with E-state index >= 15 is 0 Å². The third-order valence-corrected chi connectivity index (χ3v) is 4.94. The van der Waals surface area contributed by atoms with Gasteiger partial charge in [0.2, 0.25) is 0 Å². The summed E-state index contributed by atoms with van der Waals surface area (Å²) in [5.74, 6) is 2.33. The first kappa shape index (κ1) is 18.8. The van der Waals surface area contributed by atoms with Gasteiger partial charge in [-0.15, -0.1) is 0 Å². The highest BCUT2D eigenvalue weighted by Gasteiger charge is 2.24. The van der Waals surface area contributed by atoms with Crippen molar-refractivity contribution in [1.29, 1.82) is 0 Å². The molecule has 0 radical (unpaired) electrons. The zero-order chi connectivity index (χ0) is 18.5. The molecule has 0 spiro atoms. The van der Waals surface area contributed by atoms with Crippen LogP contribution in [0.2, 0.25) is 0 Å². The van der Waals surface area contributed by atoms with Crippen molar-refractivity contribution in [2.45, 2.75) is 45.2 Å². The predicted molar refractivity (Wildman–Crippen MR) is 104 cm³/mol. The van der Waals surface area contributed by atoms with E-state index in [0.717, 1.165) is 53.5 Å². The minimum absolute atomic E-state index is 0.111. The summed E-state index contributed by atoms with van der Waals surface area (Å²) < 4.78 is 16.6. The van der Waals surface area contributed by atoms with E-state index in [1.54, 1.807) is 7.05 Å². The molecule has 2 aromatic rings. The zero-order valence-corrected chi connectivity index (χ0v) is 16.7. The smallest absolute Gasteiger partial charge is 0.191 e. The average Bonchev–Trinajstić information content (AvgIpc) is 3.00. The number of hydrogen-bond donors (Lipinski definition) is 2. The molecule has 2 heterocycles. The number of guanidine groups is 1. The highest BCUT2D eigenvalue weighted by atomic mass is 79.9. The van der Waals surface area contributed by atoms with Gasteiger partial charge in [-0.2, -0.15) is 5.10 Å². The van der Waals surface area contributed by atoms with Gasteiger partial charge >= 0.3 is 0 Å². The Bertz CT molecular complexity index is 788. The van der Waals surface area contributed by atoms with Crippen molar-refractivity contribution in [3.8, 4) is 0 Å². The van der Waals surface area contributed by atoms with E-state index in [2.05, 4.69) is 41.6 Å². The fraction of sp³-hybridized carbons (Fsp3) is 0.500. The van der Waals surface area contributed by atoms with Crippen molar-refractivity contribution in [2.75, 3.05) is 13.6 Å². The van der Waals surface area contributed by atoms with E-state index in [1.165, 1.54) is 6.07 Å². The first-order valence-corrected chi connectivity index (χ1v) is 9.68. The van der Waals surface area contributed by atoms with Gasteiger partial charge in [-0.05, 0) is 50.3 Å². The van der Waals surface area contributed by atoms with Crippen LogP contribution in [0.25, 0.3) is 0 Å². The van der Waals surface area contributed by atoms with Crippen LogP contribution in [0.3, 0.4) is 0 Å². The Morgan fingerprint density at radius 1 is 1.46 bits per heavy atom. The molecule has 26 heavy (non-hydrogen) atoms. The molecule has 0 saturated carbocycles. The summed E-state index contributed by atoms with van der Waals surface area (Å²) >= 11 is 3.28. The largest absolute Gasteiger partial charge is 0.356 e. The summed E-state index contributed by atoms with van der Waals surface area (Å²) in [4.78, 5) is 8.83. The number of halogens is 2. The second-order valence-corrected chi connectivity index (χ2v) is 7.33. The van der Waals surface area contributed by atoms with Crippen LogP contribution in [0, 0.1) is 12.7 Å². The normalized spacial score (nSPS) is 17.1. The number of nitrogens with zero attached hydrogens (tertiary/aromatic N) is 4. The Morgan fingerprint density at radius 2 is 2.31 bits per heavy atom. The molecule has 6 nitrogen and oxygen atoms in total. The lowest BCUT2D eigenvalue weighted by Crippen LogP contribution is -2.42. The Balaban J connectivity index is 1.50. The number of aryl methyl sites for hydroxylation is 3. The van der Waals surface area contributed by atoms with E-state index in [0.29, 0.717) is 13.0 Å². The molecule has 0 aliphatic carbocycles. The van der Waals surface area contributed by atoms with Crippen molar-refractivity contribution in [3.05, 3.63) is 45.7 Å². The van der Waals surface area contributed by atoms with Gasteiger partial charge in [-0.1, -0.05) is 22.0 Å². The standard InChI is InChI=1S/C18H24BrFN6/c1-12-23-17-16(6-4-10-26(17)25-12)24-18(21-2)22-9-3-5-13-7-8-14(19)11-15(13)20/h7-8,11,16H,3-6,9-10H2,1-2H3,(H2,21,22,24). The quantitative estimate of drug-likeness (QED) is 0.441. The number of hydrogen-bond acceptors (Lipinski definition) is 3. The molecule has 0 amide bonds. The minimum atomic E-state index is -0.168. The highest BCUT2D eigenvalue weighted by Crippen LogP contribution is 2.22. The van der Waals surface area contributed by atoms with Gasteiger partial charge in [0.1, 0.15) is 17.5 Å². The highest BCUT2D eigenvalue weighted by molar-refractivity contribution is 9.10. The molecule has 3 rings (SSSR count). The van der Waals surface area contributed by atoms with E-state index in [1.807, 2.05) is 23.7 Å². The number of aliphatic imine (C=N–C) groups is 1. The summed E-state index contributed by atoms with van der Waals surface area (Å²) in [6.07, 6.45) is 3.56. The maximum absolute atomic E-state index is 13.9. The van der Waals surface area contributed by atoms with Crippen molar-refractivity contribution < 1.29 is 4.39 Å². The maximum atomic E-state index is 13.9. The van der Waals surface area contributed by atoms with Gasteiger partial charge in [-0.3, -0.25) is 4.99 Å². The van der Waals surface area contributed by atoms with Crippen LogP contribution in [0.1, 0.15) is 42.5 Å². The Kier molecular flexibility index (Phi) is 6.24. The maximum Gasteiger partial charge on any atom is 0.191 e. The lowest BCUT2D eigenvalue weighted by atomic mass is 10.1. The SMILES string of the molecule is CN=C(NCCCc1ccc(Br)cc1F)NC1CCCn2nc(C)nc21. The molecule has 0 bridgehead atoms. The van der Waals surface area contributed by atoms with Gasteiger partial charge in [0.15, 0.2) is 5.96 Å².